The van der Waals surface area contributed by atoms with Crippen molar-refractivity contribution < 1.29 is 4.79 Å². The Balaban J connectivity index is 2.02. The van der Waals surface area contributed by atoms with E-state index in [4.69, 9.17) is 0 Å². The number of nitrogens with zero attached hydrogens (tertiary/aromatic N) is 4. The van der Waals surface area contributed by atoms with Crippen LogP contribution < -0.4 is 5.32 Å². The van der Waals surface area contributed by atoms with Gasteiger partial charge in [0.1, 0.15) is 5.52 Å². The summed E-state index contributed by atoms with van der Waals surface area (Å²) in [7, 11) is 0. The minimum Gasteiger partial charge on any atom is -0.355 e. The molecule has 120 valence electrons. The average Bonchev–Trinajstić information content (AvgIpc) is 2.88. The second-order valence-corrected chi connectivity index (χ2v) is 6.49. The maximum Gasteiger partial charge on any atom is 0.233 e. The van der Waals surface area contributed by atoms with Crippen LogP contribution in [-0.2, 0) is 11.3 Å². The lowest BCUT2D eigenvalue weighted by atomic mass is 10.2. The van der Waals surface area contributed by atoms with Gasteiger partial charge in [0.15, 0.2) is 5.65 Å². The molecule has 2 aromatic heterocycles. The lowest BCUT2D eigenvalue weighted by molar-refractivity contribution is -0.120. The molecule has 6 nitrogen and oxygen atoms in total. The number of hydrogen-bond acceptors (Lipinski definition) is 5. The monoisotopic (exact) mass is 329 g/mol. The highest BCUT2D eigenvalue weighted by Crippen LogP contribution is 2.27. The molecule has 0 spiro atoms. The fourth-order valence-corrected chi connectivity index (χ4v) is 3.32. The standard InChI is InChI=1S/C16H19N5OS/c1-4-17-15(22)10(3)23-16-18-14-13(19-20-16)11-8-6-7-9-12(11)21(14)5-2/h6-10H,4-5H2,1-3H3,(H,17,22)/t10-/m0/s1. The SMILES string of the molecule is CCNC(=O)[C@H](C)Sc1nnc2c3ccccc3n(CC)c2n1. The Labute approximate surface area is 138 Å². The third-order valence-corrected chi connectivity index (χ3v) is 4.62. The molecular weight excluding hydrogens is 310 g/mol. The molecule has 0 radical (unpaired) electrons. The molecule has 3 rings (SSSR count). The van der Waals surface area contributed by atoms with Crippen LogP contribution in [0.4, 0.5) is 0 Å². The Morgan fingerprint density at radius 2 is 2.09 bits per heavy atom. The Hall–Kier alpha value is -2.15. The van der Waals surface area contributed by atoms with Crippen LogP contribution in [0.1, 0.15) is 20.8 Å². The third kappa shape index (κ3) is 2.88. The van der Waals surface area contributed by atoms with Gasteiger partial charge in [0, 0.05) is 18.5 Å². The first-order chi connectivity index (χ1) is 11.2. The molecule has 0 unspecified atom stereocenters. The summed E-state index contributed by atoms with van der Waals surface area (Å²) in [5.74, 6) is -0.0165. The summed E-state index contributed by atoms with van der Waals surface area (Å²) in [5, 5.41) is 12.7. The number of carbonyl (C=O) groups is 1. The number of thioether (sulfide) groups is 1. The van der Waals surface area contributed by atoms with Gasteiger partial charge >= 0.3 is 0 Å². The maximum absolute atomic E-state index is 11.9. The van der Waals surface area contributed by atoms with Crippen molar-refractivity contribution in [3.63, 3.8) is 0 Å². The van der Waals surface area contributed by atoms with Gasteiger partial charge in [0.05, 0.1) is 10.8 Å². The van der Waals surface area contributed by atoms with Gasteiger partial charge in [-0.1, -0.05) is 30.0 Å². The van der Waals surface area contributed by atoms with Crippen LogP contribution in [-0.4, -0.2) is 37.5 Å². The zero-order valence-electron chi connectivity index (χ0n) is 13.4. The molecule has 0 saturated carbocycles. The van der Waals surface area contributed by atoms with Crippen molar-refractivity contribution in [1.29, 1.82) is 0 Å². The molecule has 3 aromatic rings. The summed E-state index contributed by atoms with van der Waals surface area (Å²) in [6, 6.07) is 8.09. The molecule has 1 amide bonds. The molecule has 0 fully saturated rings. The Morgan fingerprint density at radius 3 is 2.83 bits per heavy atom. The molecule has 0 aliphatic rings. The minimum atomic E-state index is -0.256. The number of aryl methyl sites for hydroxylation is 1. The van der Waals surface area contributed by atoms with E-state index in [1.165, 1.54) is 11.8 Å². The summed E-state index contributed by atoms with van der Waals surface area (Å²) >= 11 is 1.33. The Bertz CT molecular complexity index is 860. The number of rotatable bonds is 5. The summed E-state index contributed by atoms with van der Waals surface area (Å²) in [4.78, 5) is 16.5. The molecule has 0 aliphatic carbocycles. The molecule has 2 heterocycles. The molecule has 1 aromatic carbocycles. The van der Waals surface area contributed by atoms with Gasteiger partial charge in [-0.3, -0.25) is 4.79 Å². The Kier molecular flexibility index (Phi) is 4.47. The molecule has 1 N–H and O–H groups in total. The third-order valence-electron chi connectivity index (χ3n) is 3.67. The zero-order valence-corrected chi connectivity index (χ0v) is 14.2. The van der Waals surface area contributed by atoms with Crippen LogP contribution in [0.25, 0.3) is 22.1 Å². The largest absolute Gasteiger partial charge is 0.355 e. The van der Waals surface area contributed by atoms with Crippen LogP contribution in [0, 0.1) is 0 Å². The number of para-hydroxylation sites is 1. The maximum atomic E-state index is 11.9. The van der Waals surface area contributed by atoms with E-state index >= 15 is 0 Å². The molecular formula is C16H19N5OS. The number of hydrogen-bond donors (Lipinski definition) is 1. The van der Waals surface area contributed by atoms with Gasteiger partial charge < -0.3 is 9.88 Å². The quantitative estimate of drug-likeness (QED) is 0.729. The van der Waals surface area contributed by atoms with Crippen LogP contribution >= 0.6 is 11.8 Å². The van der Waals surface area contributed by atoms with E-state index in [-0.39, 0.29) is 11.2 Å². The highest BCUT2D eigenvalue weighted by Gasteiger charge is 2.18. The normalized spacial score (nSPS) is 12.7. The van der Waals surface area contributed by atoms with Gasteiger partial charge in [-0.2, -0.15) is 0 Å². The van der Waals surface area contributed by atoms with Crippen molar-refractivity contribution in [3.05, 3.63) is 24.3 Å². The van der Waals surface area contributed by atoms with Crippen LogP contribution in [0.5, 0.6) is 0 Å². The molecule has 0 bridgehead atoms. The van der Waals surface area contributed by atoms with Gasteiger partial charge in [0.2, 0.25) is 11.1 Å². The molecule has 0 aliphatic heterocycles. The average molecular weight is 329 g/mol. The van der Waals surface area contributed by atoms with E-state index in [1.807, 2.05) is 32.0 Å². The summed E-state index contributed by atoms with van der Waals surface area (Å²) in [6.45, 7) is 7.25. The van der Waals surface area contributed by atoms with E-state index in [0.717, 1.165) is 28.6 Å². The first kappa shape index (κ1) is 15.7. The number of carbonyl (C=O) groups excluding carboxylic acids is 1. The fourth-order valence-electron chi connectivity index (χ4n) is 2.59. The second kappa shape index (κ2) is 6.54. The number of benzene rings is 1. The van der Waals surface area contributed by atoms with Crippen LogP contribution in [0.3, 0.4) is 0 Å². The van der Waals surface area contributed by atoms with E-state index in [9.17, 15) is 4.79 Å². The molecule has 23 heavy (non-hydrogen) atoms. The van der Waals surface area contributed by atoms with Gasteiger partial charge in [-0.15, -0.1) is 10.2 Å². The first-order valence-corrected chi connectivity index (χ1v) is 8.59. The van der Waals surface area contributed by atoms with Gasteiger partial charge in [-0.25, -0.2) is 4.98 Å². The van der Waals surface area contributed by atoms with Crippen molar-refractivity contribution in [1.82, 2.24) is 25.1 Å². The predicted molar refractivity (Wildman–Crippen MR) is 92.5 cm³/mol. The minimum absolute atomic E-state index is 0.0165. The zero-order chi connectivity index (χ0) is 16.4. The number of fused-ring (bicyclic) bond motifs is 3. The van der Waals surface area contributed by atoms with Crippen LogP contribution in [0.2, 0.25) is 0 Å². The fraction of sp³-hybridized carbons (Fsp3) is 0.375. The van der Waals surface area contributed by atoms with Crippen molar-refractivity contribution >= 4 is 39.7 Å². The van der Waals surface area contributed by atoms with E-state index < -0.39 is 0 Å². The van der Waals surface area contributed by atoms with Crippen molar-refractivity contribution in [2.24, 2.45) is 0 Å². The summed E-state index contributed by atoms with van der Waals surface area (Å²) < 4.78 is 2.13. The van der Waals surface area contributed by atoms with E-state index in [1.54, 1.807) is 0 Å². The lowest BCUT2D eigenvalue weighted by Crippen LogP contribution is -2.30. The number of amides is 1. The highest BCUT2D eigenvalue weighted by molar-refractivity contribution is 8.00. The molecule has 0 saturated heterocycles. The Morgan fingerprint density at radius 1 is 1.30 bits per heavy atom. The summed E-state index contributed by atoms with van der Waals surface area (Å²) in [5.41, 5.74) is 2.72. The van der Waals surface area contributed by atoms with E-state index in [0.29, 0.717) is 11.7 Å². The molecule has 7 heteroatoms. The molecule has 1 atom stereocenters. The van der Waals surface area contributed by atoms with Crippen molar-refractivity contribution in [3.8, 4) is 0 Å². The van der Waals surface area contributed by atoms with Crippen LogP contribution in [0.15, 0.2) is 29.4 Å². The second-order valence-electron chi connectivity index (χ2n) is 5.18. The topological polar surface area (TPSA) is 72.7 Å². The van der Waals surface area contributed by atoms with Gasteiger partial charge in [0.25, 0.3) is 0 Å². The highest BCUT2D eigenvalue weighted by atomic mass is 32.2. The predicted octanol–water partition coefficient (Wildman–Crippen LogP) is 2.62. The number of nitrogens with one attached hydrogen (secondary N) is 1. The first-order valence-electron chi connectivity index (χ1n) is 7.71. The lowest BCUT2D eigenvalue weighted by Gasteiger charge is -2.09. The van der Waals surface area contributed by atoms with Crippen molar-refractivity contribution in [2.45, 2.75) is 37.7 Å². The summed E-state index contributed by atoms with van der Waals surface area (Å²) in [6.07, 6.45) is 0. The van der Waals surface area contributed by atoms with Crippen molar-refractivity contribution in [2.75, 3.05) is 6.54 Å². The smallest absolute Gasteiger partial charge is 0.233 e. The number of aromatic nitrogens is 4. The van der Waals surface area contributed by atoms with E-state index in [2.05, 4.69) is 38.1 Å². The van der Waals surface area contributed by atoms with Gasteiger partial charge in [-0.05, 0) is 26.8 Å².